The lowest BCUT2D eigenvalue weighted by Gasteiger charge is -2.10. The van der Waals surface area contributed by atoms with E-state index in [4.69, 9.17) is 9.47 Å². The van der Waals surface area contributed by atoms with E-state index in [0.29, 0.717) is 24.5 Å². The normalized spacial score (nSPS) is 10.7. The van der Waals surface area contributed by atoms with Gasteiger partial charge in [0.1, 0.15) is 0 Å². The number of nitrogens with one attached hydrogen (secondary N) is 1. The third-order valence-electron chi connectivity index (χ3n) is 3.73. The molecule has 0 atom stereocenters. The molecule has 0 heterocycles. The highest BCUT2D eigenvalue weighted by Gasteiger charge is 2.06. The van der Waals surface area contributed by atoms with E-state index >= 15 is 0 Å². The second-order valence-corrected chi connectivity index (χ2v) is 5.88. The molecule has 0 fully saturated rings. The summed E-state index contributed by atoms with van der Waals surface area (Å²) >= 11 is 0. The zero-order valence-electron chi connectivity index (χ0n) is 15.4. The van der Waals surface area contributed by atoms with Gasteiger partial charge < -0.3 is 19.7 Å². The Balaban J connectivity index is 1.86. The number of rotatable bonds is 9. The topological polar surface area (TPSA) is 100 Å². The molecule has 0 aromatic heterocycles. The van der Waals surface area contributed by atoms with E-state index in [2.05, 4.69) is 10.5 Å². The zero-order chi connectivity index (χ0) is 19.6. The van der Waals surface area contributed by atoms with Crippen LogP contribution in [-0.4, -0.2) is 36.1 Å². The predicted molar refractivity (Wildman–Crippen MR) is 103 cm³/mol. The monoisotopic (exact) mass is 372 g/mol. The van der Waals surface area contributed by atoms with Crippen LogP contribution in [0.2, 0.25) is 0 Å². The van der Waals surface area contributed by atoms with Gasteiger partial charge in [0.25, 0.3) is 0 Å². The van der Waals surface area contributed by atoms with Crippen LogP contribution in [0.4, 0.5) is 0 Å². The molecule has 0 bridgehead atoms. The van der Waals surface area contributed by atoms with Crippen molar-refractivity contribution in [3.05, 3.63) is 47.5 Å². The molecule has 144 valence electrons. The highest BCUT2D eigenvalue weighted by molar-refractivity contribution is 5.83. The van der Waals surface area contributed by atoms with Crippen LogP contribution < -0.4 is 14.9 Å². The van der Waals surface area contributed by atoms with E-state index < -0.39 is 0 Å². The van der Waals surface area contributed by atoms with Gasteiger partial charge in [-0.25, -0.2) is 5.43 Å². The number of hydrogen-bond donors (Lipinski definition) is 3. The average molecular weight is 372 g/mol. The SMILES string of the molecule is CCCOc1ccc(/C=N\NC(=O)CCc2ccc(O)c(O)c2)cc1OC. The lowest BCUT2D eigenvalue weighted by atomic mass is 10.1. The van der Waals surface area contributed by atoms with Crippen molar-refractivity contribution in [2.75, 3.05) is 13.7 Å². The number of phenols is 2. The van der Waals surface area contributed by atoms with Crippen molar-refractivity contribution in [2.24, 2.45) is 5.10 Å². The number of hydrazone groups is 1. The number of ether oxygens (including phenoxy) is 2. The molecule has 3 N–H and O–H groups in total. The number of benzene rings is 2. The van der Waals surface area contributed by atoms with E-state index in [1.54, 1.807) is 25.3 Å². The van der Waals surface area contributed by atoms with Crippen LogP contribution in [0.15, 0.2) is 41.5 Å². The van der Waals surface area contributed by atoms with Gasteiger partial charge in [-0.3, -0.25) is 4.79 Å². The van der Waals surface area contributed by atoms with Crippen LogP contribution >= 0.6 is 0 Å². The Morgan fingerprint density at radius 2 is 1.96 bits per heavy atom. The van der Waals surface area contributed by atoms with Gasteiger partial charge in [0.2, 0.25) is 5.91 Å². The first kappa shape index (κ1) is 20.1. The Morgan fingerprint density at radius 1 is 1.15 bits per heavy atom. The maximum absolute atomic E-state index is 11.9. The maximum atomic E-state index is 11.9. The molecular weight excluding hydrogens is 348 g/mol. The fourth-order valence-electron chi connectivity index (χ4n) is 2.31. The van der Waals surface area contributed by atoms with Crippen LogP contribution in [0.1, 0.15) is 30.9 Å². The Labute approximate surface area is 158 Å². The first-order chi connectivity index (χ1) is 13.0. The molecule has 7 nitrogen and oxygen atoms in total. The Kier molecular flexibility index (Phi) is 7.49. The van der Waals surface area contributed by atoms with Gasteiger partial charge in [-0.1, -0.05) is 13.0 Å². The number of carbonyl (C=O) groups excluding carboxylic acids is 1. The molecule has 0 saturated carbocycles. The lowest BCUT2D eigenvalue weighted by molar-refractivity contribution is -0.121. The number of nitrogens with zero attached hydrogens (tertiary/aromatic N) is 1. The van der Waals surface area contributed by atoms with E-state index in [-0.39, 0.29) is 23.8 Å². The van der Waals surface area contributed by atoms with Gasteiger partial charge in [0.05, 0.1) is 19.9 Å². The van der Waals surface area contributed by atoms with Crippen molar-refractivity contribution in [2.45, 2.75) is 26.2 Å². The summed E-state index contributed by atoms with van der Waals surface area (Å²) in [6.07, 6.45) is 3.06. The molecular formula is C20H24N2O5. The molecule has 7 heteroatoms. The van der Waals surface area contributed by atoms with Gasteiger partial charge in [-0.15, -0.1) is 0 Å². The smallest absolute Gasteiger partial charge is 0.240 e. The summed E-state index contributed by atoms with van der Waals surface area (Å²) in [5.74, 6) is 0.623. The van der Waals surface area contributed by atoms with Gasteiger partial charge in [-0.05, 0) is 54.3 Å². The van der Waals surface area contributed by atoms with Crippen molar-refractivity contribution in [3.63, 3.8) is 0 Å². The molecule has 1 amide bonds. The second kappa shape index (κ2) is 10.1. The lowest BCUT2D eigenvalue weighted by Crippen LogP contribution is -2.17. The van der Waals surface area contributed by atoms with Gasteiger partial charge in [0.15, 0.2) is 23.0 Å². The third kappa shape index (κ3) is 6.22. The van der Waals surface area contributed by atoms with E-state index in [9.17, 15) is 15.0 Å². The summed E-state index contributed by atoms with van der Waals surface area (Å²) in [7, 11) is 1.57. The number of carbonyl (C=O) groups is 1. The summed E-state index contributed by atoms with van der Waals surface area (Å²) in [4.78, 5) is 11.9. The fourth-order valence-corrected chi connectivity index (χ4v) is 2.31. The highest BCUT2D eigenvalue weighted by atomic mass is 16.5. The van der Waals surface area contributed by atoms with E-state index in [1.807, 2.05) is 13.0 Å². The molecule has 0 radical (unpaired) electrons. The number of aromatic hydroxyl groups is 2. The van der Waals surface area contributed by atoms with Crippen LogP contribution in [0.5, 0.6) is 23.0 Å². The molecule has 0 aliphatic rings. The summed E-state index contributed by atoms with van der Waals surface area (Å²) < 4.78 is 10.9. The van der Waals surface area contributed by atoms with Crippen molar-refractivity contribution < 1.29 is 24.5 Å². The standard InChI is InChI=1S/C20H24N2O5/c1-3-10-27-18-8-5-15(12-19(18)26-2)13-21-22-20(25)9-6-14-4-7-16(23)17(24)11-14/h4-5,7-8,11-13,23-24H,3,6,9-10H2,1-2H3,(H,22,25)/b21-13-. The maximum Gasteiger partial charge on any atom is 0.240 e. The summed E-state index contributed by atoms with van der Waals surface area (Å²) in [5.41, 5.74) is 3.97. The highest BCUT2D eigenvalue weighted by Crippen LogP contribution is 2.27. The first-order valence-electron chi connectivity index (χ1n) is 8.67. The van der Waals surface area contributed by atoms with Gasteiger partial charge in [0, 0.05) is 6.42 Å². The Bertz CT molecular complexity index is 805. The fraction of sp³-hybridized carbons (Fsp3) is 0.300. The minimum atomic E-state index is -0.256. The molecule has 0 aliphatic carbocycles. The number of phenolic OH excluding ortho intramolecular Hbond substituents is 2. The molecule has 0 spiro atoms. The minimum Gasteiger partial charge on any atom is -0.504 e. The first-order valence-corrected chi connectivity index (χ1v) is 8.67. The number of amides is 1. The molecule has 0 unspecified atom stereocenters. The van der Waals surface area contributed by atoms with E-state index in [1.165, 1.54) is 18.3 Å². The van der Waals surface area contributed by atoms with E-state index in [0.717, 1.165) is 17.5 Å². The summed E-state index contributed by atoms with van der Waals surface area (Å²) in [6, 6.07) is 9.87. The molecule has 0 aliphatic heterocycles. The average Bonchev–Trinajstić information content (AvgIpc) is 2.67. The van der Waals surface area contributed by atoms with Gasteiger partial charge >= 0.3 is 0 Å². The third-order valence-corrected chi connectivity index (χ3v) is 3.73. The van der Waals surface area contributed by atoms with Crippen LogP contribution in [0, 0.1) is 0 Å². The van der Waals surface area contributed by atoms with Crippen molar-refractivity contribution >= 4 is 12.1 Å². The Morgan fingerprint density at radius 3 is 2.67 bits per heavy atom. The zero-order valence-corrected chi connectivity index (χ0v) is 15.4. The molecule has 2 aromatic carbocycles. The molecule has 2 aromatic rings. The second-order valence-electron chi connectivity index (χ2n) is 5.88. The largest absolute Gasteiger partial charge is 0.504 e. The van der Waals surface area contributed by atoms with Crippen molar-refractivity contribution in [1.82, 2.24) is 5.43 Å². The number of aryl methyl sites for hydroxylation is 1. The predicted octanol–water partition coefficient (Wildman–Crippen LogP) is 2.98. The number of hydrogen-bond acceptors (Lipinski definition) is 6. The quantitative estimate of drug-likeness (QED) is 0.357. The van der Waals surface area contributed by atoms with Crippen LogP contribution in [0.3, 0.4) is 0 Å². The van der Waals surface area contributed by atoms with Gasteiger partial charge in [-0.2, -0.15) is 5.10 Å². The molecule has 0 saturated heterocycles. The summed E-state index contributed by atoms with van der Waals surface area (Å²) in [6.45, 7) is 2.64. The summed E-state index contributed by atoms with van der Waals surface area (Å²) in [5, 5.41) is 22.7. The molecule has 27 heavy (non-hydrogen) atoms. The van der Waals surface area contributed by atoms with Crippen molar-refractivity contribution in [1.29, 1.82) is 0 Å². The van der Waals surface area contributed by atoms with Crippen LogP contribution in [-0.2, 0) is 11.2 Å². The van der Waals surface area contributed by atoms with Crippen molar-refractivity contribution in [3.8, 4) is 23.0 Å². The number of methoxy groups -OCH3 is 1. The minimum absolute atomic E-state index is 0.186. The molecule has 2 rings (SSSR count). The Hall–Kier alpha value is -3.22. The van der Waals surface area contributed by atoms with Crippen LogP contribution in [0.25, 0.3) is 0 Å².